The Bertz CT molecular complexity index is 758. The van der Waals surface area contributed by atoms with Crippen LogP contribution in [0.5, 0.6) is 0 Å². The lowest BCUT2D eigenvalue weighted by atomic mass is 10.1. The van der Waals surface area contributed by atoms with Crippen molar-refractivity contribution in [2.45, 2.75) is 20.4 Å². The maximum absolute atomic E-state index is 4.86. The molecule has 22 heavy (non-hydrogen) atoms. The lowest BCUT2D eigenvalue weighted by Gasteiger charge is -2.18. The predicted molar refractivity (Wildman–Crippen MR) is 95.0 cm³/mol. The maximum atomic E-state index is 4.86. The van der Waals surface area contributed by atoms with Crippen LogP contribution in [-0.2, 0) is 6.54 Å². The van der Waals surface area contributed by atoms with Gasteiger partial charge in [0.15, 0.2) is 0 Å². The molecule has 2 aromatic heterocycles. The summed E-state index contributed by atoms with van der Waals surface area (Å²) in [5.41, 5.74) is 4.49. The molecule has 1 aromatic carbocycles. The van der Waals surface area contributed by atoms with Crippen LogP contribution in [0.3, 0.4) is 0 Å². The second-order valence-corrected chi connectivity index (χ2v) is 6.22. The van der Waals surface area contributed by atoms with Gasteiger partial charge < -0.3 is 4.40 Å². The molecule has 0 spiro atoms. The van der Waals surface area contributed by atoms with E-state index in [1.54, 1.807) is 0 Å². The molecule has 0 N–H and O–H groups in total. The van der Waals surface area contributed by atoms with E-state index in [0.29, 0.717) is 0 Å². The van der Waals surface area contributed by atoms with Gasteiger partial charge in [-0.05, 0) is 37.4 Å². The van der Waals surface area contributed by atoms with E-state index >= 15 is 0 Å². The zero-order chi connectivity index (χ0) is 15.5. The number of halogens is 1. The van der Waals surface area contributed by atoms with Crippen molar-refractivity contribution in [3.63, 3.8) is 0 Å². The van der Waals surface area contributed by atoms with Gasteiger partial charge in [0.1, 0.15) is 5.65 Å². The number of hydrogen-bond donors (Lipinski definition) is 0. The van der Waals surface area contributed by atoms with Crippen LogP contribution in [-0.4, -0.2) is 27.4 Å². The van der Waals surface area contributed by atoms with Crippen LogP contribution in [0.1, 0.15) is 19.5 Å². The predicted octanol–water partition coefficient (Wildman–Crippen LogP) is 4.61. The normalized spacial score (nSPS) is 11.5. The van der Waals surface area contributed by atoms with E-state index in [2.05, 4.69) is 81.7 Å². The molecule has 4 heteroatoms. The summed E-state index contributed by atoms with van der Waals surface area (Å²) in [6.45, 7) is 7.38. The maximum Gasteiger partial charge on any atom is 0.137 e. The highest BCUT2D eigenvalue weighted by Crippen LogP contribution is 2.27. The molecule has 3 nitrogen and oxygen atoms in total. The van der Waals surface area contributed by atoms with E-state index < -0.39 is 0 Å². The third-order valence-electron chi connectivity index (χ3n) is 4.01. The van der Waals surface area contributed by atoms with E-state index in [0.717, 1.165) is 41.0 Å². The number of aromatic nitrogens is 2. The third kappa shape index (κ3) is 2.94. The zero-order valence-corrected chi connectivity index (χ0v) is 14.5. The molecule has 0 atom stereocenters. The van der Waals surface area contributed by atoms with Gasteiger partial charge in [-0.3, -0.25) is 4.90 Å². The minimum Gasteiger partial charge on any atom is -0.302 e. The van der Waals surface area contributed by atoms with Crippen molar-refractivity contribution >= 4 is 21.6 Å². The number of rotatable bonds is 5. The highest BCUT2D eigenvalue weighted by molar-refractivity contribution is 9.10. The third-order valence-corrected chi connectivity index (χ3v) is 4.54. The Kier molecular flexibility index (Phi) is 4.60. The first kappa shape index (κ1) is 15.3. The van der Waals surface area contributed by atoms with Gasteiger partial charge in [-0.1, -0.05) is 48.0 Å². The standard InChI is InChI=1S/C18H20BrN3/c1-3-21(4-2)13-16-18(14-8-10-15(19)11-9-14)20-17-7-5-6-12-22(16)17/h5-12H,3-4,13H2,1-2H3. The van der Waals surface area contributed by atoms with Crippen molar-refractivity contribution in [2.24, 2.45) is 0 Å². The number of pyridine rings is 1. The van der Waals surface area contributed by atoms with Crippen molar-refractivity contribution in [1.29, 1.82) is 0 Å². The number of imidazole rings is 1. The Morgan fingerprint density at radius 3 is 2.45 bits per heavy atom. The van der Waals surface area contributed by atoms with E-state index in [9.17, 15) is 0 Å². The van der Waals surface area contributed by atoms with E-state index in [-0.39, 0.29) is 0 Å². The van der Waals surface area contributed by atoms with Gasteiger partial charge in [0, 0.05) is 22.8 Å². The zero-order valence-electron chi connectivity index (χ0n) is 13.0. The summed E-state index contributed by atoms with van der Waals surface area (Å²) in [7, 11) is 0. The van der Waals surface area contributed by atoms with E-state index in [4.69, 9.17) is 4.98 Å². The van der Waals surface area contributed by atoms with Crippen LogP contribution in [0.4, 0.5) is 0 Å². The summed E-state index contributed by atoms with van der Waals surface area (Å²) in [6, 6.07) is 14.5. The molecular weight excluding hydrogens is 338 g/mol. The fourth-order valence-corrected chi connectivity index (χ4v) is 2.96. The average molecular weight is 358 g/mol. The van der Waals surface area contributed by atoms with Crippen molar-refractivity contribution < 1.29 is 0 Å². The molecule has 3 aromatic rings. The summed E-state index contributed by atoms with van der Waals surface area (Å²) < 4.78 is 3.29. The molecule has 0 aliphatic heterocycles. The van der Waals surface area contributed by atoms with Gasteiger partial charge in [-0.2, -0.15) is 0 Å². The van der Waals surface area contributed by atoms with Gasteiger partial charge >= 0.3 is 0 Å². The summed E-state index contributed by atoms with van der Waals surface area (Å²) in [5.74, 6) is 0. The minimum atomic E-state index is 0.906. The lowest BCUT2D eigenvalue weighted by molar-refractivity contribution is 0.292. The van der Waals surface area contributed by atoms with Crippen LogP contribution in [0.2, 0.25) is 0 Å². The van der Waals surface area contributed by atoms with Gasteiger partial charge in [0.05, 0.1) is 11.4 Å². The molecule has 0 radical (unpaired) electrons. The van der Waals surface area contributed by atoms with Crippen LogP contribution in [0.15, 0.2) is 53.1 Å². The average Bonchev–Trinajstić information content (AvgIpc) is 2.92. The van der Waals surface area contributed by atoms with Crippen LogP contribution in [0.25, 0.3) is 16.9 Å². The van der Waals surface area contributed by atoms with E-state index in [1.807, 2.05) is 6.07 Å². The molecule has 0 aliphatic carbocycles. The lowest BCUT2D eigenvalue weighted by Crippen LogP contribution is -2.23. The van der Waals surface area contributed by atoms with Crippen molar-refractivity contribution in [3.05, 3.63) is 58.8 Å². The van der Waals surface area contributed by atoms with Crippen molar-refractivity contribution in [3.8, 4) is 11.3 Å². The highest BCUT2D eigenvalue weighted by Gasteiger charge is 2.15. The molecule has 0 saturated heterocycles. The van der Waals surface area contributed by atoms with E-state index in [1.165, 1.54) is 5.69 Å². The Morgan fingerprint density at radius 1 is 1.05 bits per heavy atom. The molecule has 0 aliphatic rings. The second kappa shape index (κ2) is 6.63. The smallest absolute Gasteiger partial charge is 0.137 e. The molecule has 0 amide bonds. The fourth-order valence-electron chi connectivity index (χ4n) is 2.70. The SMILES string of the molecule is CCN(CC)Cc1c(-c2ccc(Br)cc2)nc2ccccn12. The molecule has 2 heterocycles. The quantitative estimate of drug-likeness (QED) is 0.664. The van der Waals surface area contributed by atoms with Gasteiger partial charge in [0.25, 0.3) is 0 Å². The van der Waals surface area contributed by atoms with Gasteiger partial charge in [0.2, 0.25) is 0 Å². The minimum absolute atomic E-state index is 0.906. The Labute approximate surface area is 139 Å². The number of benzene rings is 1. The topological polar surface area (TPSA) is 20.5 Å². The largest absolute Gasteiger partial charge is 0.302 e. The molecule has 3 rings (SSSR count). The molecule has 0 saturated carbocycles. The first-order valence-corrected chi connectivity index (χ1v) is 8.46. The second-order valence-electron chi connectivity index (χ2n) is 5.30. The van der Waals surface area contributed by atoms with Gasteiger partial charge in [-0.15, -0.1) is 0 Å². The first-order chi connectivity index (χ1) is 10.7. The van der Waals surface area contributed by atoms with Crippen LogP contribution in [0, 0.1) is 0 Å². The summed E-state index contributed by atoms with van der Waals surface area (Å²) in [4.78, 5) is 7.27. The Morgan fingerprint density at radius 2 is 1.77 bits per heavy atom. The Hall–Kier alpha value is -1.65. The molecule has 114 valence electrons. The highest BCUT2D eigenvalue weighted by atomic mass is 79.9. The molecule has 0 fully saturated rings. The van der Waals surface area contributed by atoms with Crippen LogP contribution >= 0.6 is 15.9 Å². The monoisotopic (exact) mass is 357 g/mol. The Balaban J connectivity index is 2.13. The van der Waals surface area contributed by atoms with Crippen molar-refractivity contribution in [1.82, 2.24) is 14.3 Å². The number of nitrogens with zero attached hydrogens (tertiary/aromatic N) is 3. The molecular formula is C18H20BrN3. The molecule has 0 bridgehead atoms. The molecule has 0 unspecified atom stereocenters. The fraction of sp³-hybridized carbons (Fsp3) is 0.278. The van der Waals surface area contributed by atoms with Gasteiger partial charge in [-0.25, -0.2) is 4.98 Å². The summed E-state index contributed by atoms with van der Waals surface area (Å²) in [6.07, 6.45) is 2.10. The van der Waals surface area contributed by atoms with Crippen molar-refractivity contribution in [2.75, 3.05) is 13.1 Å². The first-order valence-electron chi connectivity index (χ1n) is 7.67. The summed E-state index contributed by atoms with van der Waals surface area (Å²) >= 11 is 3.50. The number of fused-ring (bicyclic) bond motifs is 1. The van der Waals surface area contributed by atoms with Crippen LogP contribution < -0.4 is 0 Å². The summed E-state index contributed by atoms with van der Waals surface area (Å²) in [5, 5.41) is 0. The number of hydrogen-bond acceptors (Lipinski definition) is 2.